The maximum atomic E-state index is 12.9. The van der Waals surface area contributed by atoms with Gasteiger partial charge in [0.2, 0.25) is 0 Å². The molecule has 6 nitrogen and oxygen atoms in total. The van der Waals surface area contributed by atoms with Crippen LogP contribution in [0.3, 0.4) is 0 Å². The van der Waals surface area contributed by atoms with Crippen LogP contribution >= 0.6 is 23.4 Å². The first kappa shape index (κ1) is 22.6. The number of rotatable bonds is 7. The van der Waals surface area contributed by atoms with Crippen molar-refractivity contribution in [2.24, 2.45) is 4.99 Å². The van der Waals surface area contributed by atoms with Crippen molar-refractivity contribution in [2.45, 2.75) is 6.92 Å². The molecule has 160 valence electrons. The van der Waals surface area contributed by atoms with Crippen molar-refractivity contribution >= 4 is 46.2 Å². The maximum absolute atomic E-state index is 12.9. The monoisotopic (exact) mass is 456 g/mol. The number of benzene rings is 2. The highest BCUT2D eigenvalue weighted by Crippen LogP contribution is 2.39. The van der Waals surface area contributed by atoms with E-state index >= 15 is 0 Å². The summed E-state index contributed by atoms with van der Waals surface area (Å²) in [5, 5.41) is 0.951. The molecular formula is C23H21ClN2O4S. The Labute approximate surface area is 190 Å². The minimum absolute atomic E-state index is 0.0709. The van der Waals surface area contributed by atoms with Crippen LogP contribution in [0.5, 0.6) is 17.2 Å². The molecule has 1 aliphatic rings. The van der Waals surface area contributed by atoms with Crippen molar-refractivity contribution in [1.29, 1.82) is 0 Å². The van der Waals surface area contributed by atoms with Gasteiger partial charge in [0, 0.05) is 6.54 Å². The van der Waals surface area contributed by atoms with E-state index in [2.05, 4.69) is 10.9 Å². The molecule has 0 unspecified atom stereocenters. The number of amidine groups is 1. The van der Waals surface area contributed by atoms with Gasteiger partial charge in [-0.1, -0.05) is 17.5 Å². The molecule has 0 bridgehead atoms. The number of halogens is 1. The summed E-state index contributed by atoms with van der Waals surface area (Å²) in [5.74, 6) is 3.82. The van der Waals surface area contributed by atoms with Gasteiger partial charge in [0.1, 0.15) is 12.4 Å². The fourth-order valence-corrected chi connectivity index (χ4v) is 4.20. The van der Waals surface area contributed by atoms with Crippen molar-refractivity contribution < 1.29 is 19.0 Å². The molecule has 0 radical (unpaired) electrons. The standard InChI is InChI=1S/C23H21ClN2O4S/c1-5-11-30-21-18(24)12-15(13-19(21)29-4)14-20-22(27)26(6-2)23(31-20)25-16-7-9-17(28-3)10-8-16/h1,7-10,12-14H,6,11H2,2-4H3/b20-14+,25-23?. The topological polar surface area (TPSA) is 60.4 Å². The SMILES string of the molecule is C#CCOc1c(Cl)cc(/C=C2/SC(=Nc3ccc(OC)cc3)N(CC)C2=O)cc1OC. The Morgan fingerprint density at radius 3 is 2.58 bits per heavy atom. The van der Waals surface area contributed by atoms with Crippen LogP contribution in [0.2, 0.25) is 5.02 Å². The molecule has 1 aliphatic heterocycles. The first-order chi connectivity index (χ1) is 15.0. The van der Waals surface area contributed by atoms with E-state index in [1.807, 2.05) is 31.2 Å². The zero-order chi connectivity index (χ0) is 22.4. The first-order valence-corrected chi connectivity index (χ1v) is 10.6. The zero-order valence-electron chi connectivity index (χ0n) is 17.3. The van der Waals surface area contributed by atoms with Gasteiger partial charge in [-0.3, -0.25) is 9.69 Å². The summed E-state index contributed by atoms with van der Waals surface area (Å²) in [6, 6.07) is 10.8. The molecular weight excluding hydrogens is 436 g/mol. The molecule has 31 heavy (non-hydrogen) atoms. The molecule has 1 heterocycles. The minimum Gasteiger partial charge on any atom is -0.497 e. The average Bonchev–Trinajstić information content (AvgIpc) is 3.06. The van der Waals surface area contributed by atoms with Gasteiger partial charge in [0.15, 0.2) is 16.7 Å². The van der Waals surface area contributed by atoms with Gasteiger partial charge in [0.05, 0.1) is 29.8 Å². The van der Waals surface area contributed by atoms with Gasteiger partial charge < -0.3 is 14.2 Å². The van der Waals surface area contributed by atoms with E-state index in [4.69, 9.17) is 32.2 Å². The second-order valence-electron chi connectivity index (χ2n) is 6.28. The summed E-state index contributed by atoms with van der Waals surface area (Å²) < 4.78 is 16.0. The van der Waals surface area contributed by atoms with Crippen LogP contribution in [-0.2, 0) is 4.79 Å². The second kappa shape index (κ2) is 10.3. The Hall–Kier alpha value is -3.08. The first-order valence-electron chi connectivity index (χ1n) is 9.38. The molecule has 0 spiro atoms. The third-order valence-electron chi connectivity index (χ3n) is 4.35. The quantitative estimate of drug-likeness (QED) is 0.433. The lowest BCUT2D eigenvalue weighted by molar-refractivity contribution is -0.122. The molecule has 0 aromatic heterocycles. The molecule has 1 fully saturated rings. The normalized spacial score (nSPS) is 16.0. The van der Waals surface area contributed by atoms with Gasteiger partial charge in [0.25, 0.3) is 5.91 Å². The van der Waals surface area contributed by atoms with Gasteiger partial charge in [-0.05, 0) is 66.7 Å². The van der Waals surface area contributed by atoms with E-state index in [0.29, 0.717) is 38.7 Å². The number of carbonyl (C=O) groups is 1. The Kier molecular flexibility index (Phi) is 7.50. The predicted molar refractivity (Wildman–Crippen MR) is 125 cm³/mol. The second-order valence-corrected chi connectivity index (χ2v) is 7.70. The number of ether oxygens (including phenoxy) is 3. The van der Waals surface area contributed by atoms with Gasteiger partial charge in [-0.25, -0.2) is 4.99 Å². The zero-order valence-corrected chi connectivity index (χ0v) is 18.9. The number of likely N-dealkylation sites (N-methyl/N-ethyl adjacent to an activating group) is 1. The molecule has 2 aromatic carbocycles. The lowest BCUT2D eigenvalue weighted by Crippen LogP contribution is -2.28. The van der Waals surface area contributed by atoms with E-state index in [1.54, 1.807) is 30.2 Å². The molecule has 0 atom stereocenters. The third kappa shape index (κ3) is 5.16. The fraction of sp³-hybridized carbons (Fsp3) is 0.217. The molecule has 8 heteroatoms. The molecule has 0 saturated carbocycles. The van der Waals surface area contributed by atoms with Crippen LogP contribution in [0.25, 0.3) is 6.08 Å². The van der Waals surface area contributed by atoms with E-state index in [9.17, 15) is 4.79 Å². The number of nitrogens with zero attached hydrogens (tertiary/aromatic N) is 2. The predicted octanol–water partition coefficient (Wildman–Crippen LogP) is 4.99. The van der Waals surface area contributed by atoms with Crippen LogP contribution in [0.4, 0.5) is 5.69 Å². The van der Waals surface area contributed by atoms with Crippen LogP contribution < -0.4 is 14.2 Å². The number of carbonyl (C=O) groups excluding carboxylic acids is 1. The highest BCUT2D eigenvalue weighted by Gasteiger charge is 2.32. The van der Waals surface area contributed by atoms with Gasteiger partial charge in [-0.2, -0.15) is 0 Å². The Morgan fingerprint density at radius 1 is 1.23 bits per heavy atom. The Bertz CT molecular complexity index is 1070. The van der Waals surface area contributed by atoms with E-state index < -0.39 is 0 Å². The number of methoxy groups -OCH3 is 2. The molecule has 3 rings (SSSR count). The maximum Gasteiger partial charge on any atom is 0.266 e. The number of aliphatic imine (C=N–C) groups is 1. The number of terminal acetylenes is 1. The smallest absolute Gasteiger partial charge is 0.266 e. The lowest BCUT2D eigenvalue weighted by Gasteiger charge is -2.12. The molecule has 1 saturated heterocycles. The van der Waals surface area contributed by atoms with Crippen molar-refractivity contribution in [1.82, 2.24) is 4.90 Å². The summed E-state index contributed by atoms with van der Waals surface area (Å²) >= 11 is 7.65. The van der Waals surface area contributed by atoms with Crippen molar-refractivity contribution in [2.75, 3.05) is 27.4 Å². The summed E-state index contributed by atoms with van der Waals surface area (Å²) in [5.41, 5.74) is 1.43. The molecule has 1 amide bonds. The third-order valence-corrected chi connectivity index (χ3v) is 5.64. The number of hydrogen-bond acceptors (Lipinski definition) is 6. The minimum atomic E-state index is -0.123. The summed E-state index contributed by atoms with van der Waals surface area (Å²) in [6.07, 6.45) is 7.01. The van der Waals surface area contributed by atoms with E-state index in [0.717, 1.165) is 11.4 Å². The highest BCUT2D eigenvalue weighted by molar-refractivity contribution is 8.18. The summed E-state index contributed by atoms with van der Waals surface area (Å²) in [4.78, 5) is 19.7. The van der Waals surface area contributed by atoms with Crippen molar-refractivity contribution in [3.63, 3.8) is 0 Å². The number of amides is 1. The van der Waals surface area contributed by atoms with Crippen molar-refractivity contribution in [3.8, 4) is 29.6 Å². The summed E-state index contributed by atoms with van der Waals surface area (Å²) in [7, 11) is 3.12. The van der Waals surface area contributed by atoms with Crippen LogP contribution in [0.1, 0.15) is 12.5 Å². The number of thioether (sulfide) groups is 1. The highest BCUT2D eigenvalue weighted by atomic mass is 35.5. The molecule has 2 aromatic rings. The lowest BCUT2D eigenvalue weighted by atomic mass is 10.1. The van der Waals surface area contributed by atoms with Gasteiger partial charge >= 0.3 is 0 Å². The molecule has 0 N–H and O–H groups in total. The Morgan fingerprint density at radius 2 is 1.97 bits per heavy atom. The van der Waals surface area contributed by atoms with Crippen LogP contribution in [-0.4, -0.2) is 43.3 Å². The largest absolute Gasteiger partial charge is 0.497 e. The van der Waals surface area contributed by atoms with E-state index in [-0.39, 0.29) is 12.5 Å². The number of hydrogen-bond donors (Lipinski definition) is 0. The summed E-state index contributed by atoms with van der Waals surface area (Å²) in [6.45, 7) is 2.48. The molecule has 0 aliphatic carbocycles. The van der Waals surface area contributed by atoms with Crippen LogP contribution in [0, 0.1) is 12.3 Å². The van der Waals surface area contributed by atoms with E-state index in [1.165, 1.54) is 18.9 Å². The fourth-order valence-electron chi connectivity index (χ4n) is 2.87. The average molecular weight is 457 g/mol. The van der Waals surface area contributed by atoms with Crippen LogP contribution in [0.15, 0.2) is 46.3 Å². The van der Waals surface area contributed by atoms with Gasteiger partial charge in [-0.15, -0.1) is 6.42 Å². The Balaban J connectivity index is 1.92. The van der Waals surface area contributed by atoms with Crippen molar-refractivity contribution in [3.05, 3.63) is 51.9 Å².